The quantitative estimate of drug-likeness (QED) is 0.720. The van der Waals surface area contributed by atoms with E-state index in [9.17, 15) is 4.39 Å². The van der Waals surface area contributed by atoms with Crippen molar-refractivity contribution in [1.82, 2.24) is 5.32 Å². The first kappa shape index (κ1) is 13.0. The molecule has 1 aromatic rings. The molecule has 0 saturated heterocycles. The number of hydrogen-bond acceptors (Lipinski definition) is 2. The number of rotatable bonds is 7. The first-order chi connectivity index (χ1) is 7.72. The van der Waals surface area contributed by atoms with Gasteiger partial charge in [-0.3, -0.25) is 4.39 Å². The van der Waals surface area contributed by atoms with Crippen LogP contribution in [0.1, 0.15) is 25.8 Å². The van der Waals surface area contributed by atoms with Gasteiger partial charge in [0.2, 0.25) is 0 Å². The fourth-order valence-electron chi connectivity index (χ4n) is 1.31. The summed E-state index contributed by atoms with van der Waals surface area (Å²) in [5.74, 6) is 0.816. The van der Waals surface area contributed by atoms with Crippen molar-refractivity contribution in [1.29, 1.82) is 0 Å². The molecular weight excluding hydrogens is 205 g/mol. The first-order valence-corrected chi connectivity index (χ1v) is 5.73. The molecular formula is C13H20FNO. The maximum absolute atomic E-state index is 11.9. The lowest BCUT2D eigenvalue weighted by Gasteiger charge is -2.10. The molecule has 0 bridgehead atoms. The van der Waals surface area contributed by atoms with Crippen LogP contribution in [0.2, 0.25) is 0 Å². The monoisotopic (exact) mass is 225 g/mol. The molecule has 1 N–H and O–H groups in total. The molecule has 0 unspecified atom stereocenters. The highest BCUT2D eigenvalue weighted by Crippen LogP contribution is 2.13. The van der Waals surface area contributed by atoms with Gasteiger partial charge >= 0.3 is 0 Å². The van der Waals surface area contributed by atoms with Gasteiger partial charge in [-0.1, -0.05) is 26.0 Å². The van der Waals surface area contributed by atoms with E-state index in [1.54, 1.807) is 0 Å². The van der Waals surface area contributed by atoms with Gasteiger partial charge in [0, 0.05) is 19.0 Å². The average Bonchev–Trinajstić information content (AvgIpc) is 2.27. The third kappa shape index (κ3) is 5.12. The predicted molar refractivity (Wildman–Crippen MR) is 64.5 cm³/mol. The molecule has 2 nitrogen and oxygen atoms in total. The van der Waals surface area contributed by atoms with Crippen molar-refractivity contribution in [2.24, 2.45) is 0 Å². The van der Waals surface area contributed by atoms with Crippen molar-refractivity contribution in [3.63, 3.8) is 0 Å². The van der Waals surface area contributed by atoms with Crippen molar-refractivity contribution in [3.05, 3.63) is 29.8 Å². The van der Waals surface area contributed by atoms with E-state index >= 15 is 0 Å². The zero-order valence-electron chi connectivity index (χ0n) is 10.0. The van der Waals surface area contributed by atoms with Crippen LogP contribution in [0.25, 0.3) is 0 Å². The maximum Gasteiger partial charge on any atom is 0.119 e. The summed E-state index contributed by atoms with van der Waals surface area (Å²) in [7, 11) is 0. The number of halogens is 1. The van der Waals surface area contributed by atoms with E-state index in [-0.39, 0.29) is 6.67 Å². The Labute approximate surface area is 96.8 Å². The van der Waals surface area contributed by atoms with Crippen molar-refractivity contribution >= 4 is 0 Å². The Hall–Kier alpha value is -1.09. The fourth-order valence-corrected chi connectivity index (χ4v) is 1.31. The SMILES string of the molecule is CC(C)NCc1cccc(OCCCF)c1. The molecule has 0 aliphatic carbocycles. The third-order valence-electron chi connectivity index (χ3n) is 2.16. The highest BCUT2D eigenvalue weighted by Gasteiger charge is 1.98. The van der Waals surface area contributed by atoms with Crippen molar-refractivity contribution in [3.8, 4) is 5.75 Å². The number of nitrogens with one attached hydrogen (secondary N) is 1. The van der Waals surface area contributed by atoms with Gasteiger partial charge in [-0.2, -0.15) is 0 Å². The summed E-state index contributed by atoms with van der Waals surface area (Å²) < 4.78 is 17.3. The van der Waals surface area contributed by atoms with Crippen LogP contribution in [-0.4, -0.2) is 19.3 Å². The Kier molecular flexibility index (Phi) is 5.86. The molecule has 0 atom stereocenters. The molecule has 0 aromatic heterocycles. The van der Waals surface area contributed by atoms with E-state index in [1.807, 2.05) is 18.2 Å². The second-order valence-corrected chi connectivity index (χ2v) is 4.07. The highest BCUT2D eigenvalue weighted by atomic mass is 19.1. The topological polar surface area (TPSA) is 21.3 Å². The van der Waals surface area contributed by atoms with Gasteiger partial charge in [0.1, 0.15) is 5.75 Å². The Balaban J connectivity index is 2.43. The summed E-state index contributed by atoms with van der Waals surface area (Å²) >= 11 is 0. The minimum atomic E-state index is -0.325. The number of hydrogen-bond donors (Lipinski definition) is 1. The molecule has 0 saturated carbocycles. The lowest BCUT2D eigenvalue weighted by atomic mass is 10.2. The highest BCUT2D eigenvalue weighted by molar-refractivity contribution is 5.28. The molecule has 0 radical (unpaired) electrons. The van der Waals surface area contributed by atoms with Crippen LogP contribution in [0.4, 0.5) is 4.39 Å². The van der Waals surface area contributed by atoms with Crippen LogP contribution in [-0.2, 0) is 6.54 Å². The molecule has 1 rings (SSSR count). The van der Waals surface area contributed by atoms with E-state index in [0.717, 1.165) is 12.3 Å². The van der Waals surface area contributed by atoms with Crippen LogP contribution >= 0.6 is 0 Å². The predicted octanol–water partition coefficient (Wildman–Crippen LogP) is 2.92. The Morgan fingerprint density at radius 3 is 2.88 bits per heavy atom. The Morgan fingerprint density at radius 2 is 2.19 bits per heavy atom. The van der Waals surface area contributed by atoms with Crippen LogP contribution in [0.15, 0.2) is 24.3 Å². The molecule has 0 aliphatic rings. The van der Waals surface area contributed by atoms with Gasteiger partial charge in [0.25, 0.3) is 0 Å². The van der Waals surface area contributed by atoms with E-state index in [4.69, 9.17) is 4.74 Å². The average molecular weight is 225 g/mol. The maximum atomic E-state index is 11.9. The summed E-state index contributed by atoms with van der Waals surface area (Å²) in [6.45, 7) is 5.17. The molecule has 90 valence electrons. The lowest BCUT2D eigenvalue weighted by Crippen LogP contribution is -2.21. The molecule has 0 amide bonds. The van der Waals surface area contributed by atoms with Crippen molar-refractivity contribution < 1.29 is 9.13 Å². The number of benzene rings is 1. The van der Waals surface area contributed by atoms with Gasteiger partial charge in [0.05, 0.1) is 13.3 Å². The van der Waals surface area contributed by atoms with Gasteiger partial charge < -0.3 is 10.1 Å². The molecule has 16 heavy (non-hydrogen) atoms. The Bertz CT molecular complexity index is 302. The van der Waals surface area contributed by atoms with Gasteiger partial charge in [-0.15, -0.1) is 0 Å². The second-order valence-electron chi connectivity index (χ2n) is 4.07. The molecule has 0 heterocycles. The smallest absolute Gasteiger partial charge is 0.119 e. The summed E-state index contributed by atoms with van der Waals surface area (Å²) in [5.41, 5.74) is 1.19. The van der Waals surface area contributed by atoms with Crippen molar-refractivity contribution in [2.75, 3.05) is 13.3 Å². The molecule has 0 spiro atoms. The summed E-state index contributed by atoms with van der Waals surface area (Å²) in [4.78, 5) is 0. The Morgan fingerprint density at radius 1 is 1.38 bits per heavy atom. The summed E-state index contributed by atoms with van der Waals surface area (Å²) in [5, 5.41) is 3.34. The second kappa shape index (κ2) is 7.23. The van der Waals surface area contributed by atoms with E-state index in [0.29, 0.717) is 19.1 Å². The summed E-state index contributed by atoms with van der Waals surface area (Å²) in [6.07, 6.45) is 0.453. The van der Waals surface area contributed by atoms with E-state index in [1.165, 1.54) is 5.56 Å². The molecule has 0 aliphatic heterocycles. The molecule has 0 fully saturated rings. The number of ether oxygens (including phenoxy) is 1. The van der Waals surface area contributed by atoms with Crippen LogP contribution in [0.3, 0.4) is 0 Å². The largest absolute Gasteiger partial charge is 0.493 e. The molecule has 3 heteroatoms. The van der Waals surface area contributed by atoms with Gasteiger partial charge in [-0.25, -0.2) is 0 Å². The van der Waals surface area contributed by atoms with Crippen LogP contribution in [0, 0.1) is 0 Å². The minimum absolute atomic E-state index is 0.325. The minimum Gasteiger partial charge on any atom is -0.493 e. The lowest BCUT2D eigenvalue weighted by molar-refractivity contribution is 0.289. The van der Waals surface area contributed by atoms with E-state index < -0.39 is 0 Å². The fraction of sp³-hybridized carbons (Fsp3) is 0.538. The van der Waals surface area contributed by atoms with E-state index in [2.05, 4.69) is 25.2 Å². The first-order valence-electron chi connectivity index (χ1n) is 5.73. The zero-order valence-corrected chi connectivity index (χ0v) is 10.0. The zero-order chi connectivity index (χ0) is 11.8. The normalized spacial score (nSPS) is 10.8. The van der Waals surface area contributed by atoms with Gasteiger partial charge in [-0.05, 0) is 17.7 Å². The third-order valence-corrected chi connectivity index (χ3v) is 2.16. The standard InChI is InChI=1S/C13H20FNO/c1-11(2)15-10-12-5-3-6-13(9-12)16-8-4-7-14/h3,5-6,9,11,15H,4,7-8,10H2,1-2H3. The number of alkyl halides is 1. The van der Waals surface area contributed by atoms with Gasteiger partial charge in [0.15, 0.2) is 0 Å². The molecule has 1 aromatic carbocycles. The van der Waals surface area contributed by atoms with Crippen molar-refractivity contribution in [2.45, 2.75) is 32.9 Å². The van der Waals surface area contributed by atoms with Crippen LogP contribution < -0.4 is 10.1 Å². The summed E-state index contributed by atoms with van der Waals surface area (Å²) in [6, 6.07) is 8.38. The van der Waals surface area contributed by atoms with Crippen LogP contribution in [0.5, 0.6) is 5.75 Å².